The first-order valence-corrected chi connectivity index (χ1v) is 6.49. The van der Waals surface area contributed by atoms with E-state index in [9.17, 15) is 18.3 Å². The highest BCUT2D eigenvalue weighted by Crippen LogP contribution is 2.35. The van der Waals surface area contributed by atoms with Gasteiger partial charge in [0.15, 0.2) is 0 Å². The third-order valence-electron chi connectivity index (χ3n) is 3.69. The van der Waals surface area contributed by atoms with Gasteiger partial charge in [0.1, 0.15) is 0 Å². The maximum atomic E-state index is 12.0. The molecule has 0 aromatic rings. The predicted molar refractivity (Wildman–Crippen MR) is 60.2 cm³/mol. The van der Waals surface area contributed by atoms with Crippen molar-refractivity contribution >= 4 is 0 Å². The summed E-state index contributed by atoms with van der Waals surface area (Å²) in [6.07, 6.45) is -0.856. The molecule has 2 atom stereocenters. The molecule has 2 N–H and O–H groups in total. The second-order valence-electron chi connectivity index (χ2n) is 5.46. The lowest BCUT2D eigenvalue weighted by atomic mass is 9.98. The molecule has 106 valence electrons. The Morgan fingerprint density at radius 1 is 1.28 bits per heavy atom. The van der Waals surface area contributed by atoms with Crippen molar-refractivity contribution in [2.24, 2.45) is 0 Å². The Labute approximate surface area is 105 Å². The first-order valence-electron chi connectivity index (χ1n) is 6.49. The van der Waals surface area contributed by atoms with Crippen LogP contribution in [0.4, 0.5) is 13.2 Å². The maximum Gasteiger partial charge on any atom is 0.391 e. The Kier molecular flexibility index (Phi) is 4.18. The zero-order chi connectivity index (χ0) is 13.2. The van der Waals surface area contributed by atoms with E-state index in [1.165, 1.54) is 0 Å². The summed E-state index contributed by atoms with van der Waals surface area (Å²) < 4.78 is 41.3. The van der Waals surface area contributed by atoms with Gasteiger partial charge >= 0.3 is 6.18 Å². The summed E-state index contributed by atoms with van der Waals surface area (Å²) in [6.45, 7) is -0.248. The van der Waals surface area contributed by atoms with Crippen LogP contribution in [0.5, 0.6) is 0 Å². The lowest BCUT2D eigenvalue weighted by molar-refractivity contribution is -0.149. The lowest BCUT2D eigenvalue weighted by Crippen LogP contribution is -2.48. The molecule has 0 aliphatic heterocycles. The van der Waals surface area contributed by atoms with Crippen molar-refractivity contribution in [1.29, 1.82) is 0 Å². The summed E-state index contributed by atoms with van der Waals surface area (Å²) in [7, 11) is 0. The van der Waals surface area contributed by atoms with E-state index in [0.29, 0.717) is 12.5 Å². The Bertz CT molecular complexity index is 281. The minimum Gasteiger partial charge on any atom is -0.394 e. The summed E-state index contributed by atoms with van der Waals surface area (Å²) >= 11 is 0. The number of ether oxygens (including phenoxy) is 1. The minimum atomic E-state index is -4.15. The number of hydrogen-bond acceptors (Lipinski definition) is 3. The van der Waals surface area contributed by atoms with E-state index in [0.717, 1.165) is 25.7 Å². The molecule has 2 aliphatic carbocycles. The molecule has 0 heterocycles. The molecule has 2 rings (SSSR count). The van der Waals surface area contributed by atoms with E-state index < -0.39 is 12.6 Å². The Morgan fingerprint density at radius 3 is 2.56 bits per heavy atom. The first-order chi connectivity index (χ1) is 8.42. The largest absolute Gasteiger partial charge is 0.394 e. The molecule has 2 aliphatic rings. The summed E-state index contributed by atoms with van der Waals surface area (Å²) in [5, 5.41) is 12.9. The van der Waals surface area contributed by atoms with Crippen molar-refractivity contribution in [3.8, 4) is 0 Å². The van der Waals surface area contributed by atoms with Crippen LogP contribution in [0.25, 0.3) is 0 Å². The molecule has 3 nitrogen and oxygen atoms in total. The summed E-state index contributed by atoms with van der Waals surface area (Å²) in [4.78, 5) is 0. The monoisotopic (exact) mass is 267 g/mol. The topological polar surface area (TPSA) is 41.5 Å². The van der Waals surface area contributed by atoms with Gasteiger partial charge in [-0.15, -0.1) is 0 Å². The Balaban J connectivity index is 1.72. The highest BCUT2D eigenvalue weighted by Gasteiger charge is 2.42. The number of aliphatic hydroxyl groups is 1. The van der Waals surface area contributed by atoms with Crippen LogP contribution in [-0.4, -0.2) is 42.2 Å². The summed E-state index contributed by atoms with van der Waals surface area (Å²) in [5.41, 5.74) is -0.329. The van der Waals surface area contributed by atoms with Gasteiger partial charge in [-0.05, 0) is 32.1 Å². The zero-order valence-corrected chi connectivity index (χ0v) is 10.3. The number of nitrogens with one attached hydrogen (secondary N) is 1. The van der Waals surface area contributed by atoms with E-state index >= 15 is 0 Å². The van der Waals surface area contributed by atoms with E-state index in [1.807, 2.05) is 0 Å². The van der Waals surface area contributed by atoms with Gasteiger partial charge in [-0.1, -0.05) is 0 Å². The molecular weight excluding hydrogens is 247 g/mol. The SMILES string of the molecule is OCC1(NC2CC2)CCC(OCCC(F)(F)F)C1. The van der Waals surface area contributed by atoms with Crippen molar-refractivity contribution in [3.63, 3.8) is 0 Å². The molecule has 0 aromatic carbocycles. The van der Waals surface area contributed by atoms with E-state index in [-0.39, 0.29) is 24.9 Å². The van der Waals surface area contributed by atoms with Gasteiger partial charge in [0, 0.05) is 11.6 Å². The molecule has 18 heavy (non-hydrogen) atoms. The molecule has 0 spiro atoms. The quantitative estimate of drug-likeness (QED) is 0.773. The highest BCUT2D eigenvalue weighted by atomic mass is 19.4. The number of rotatable bonds is 6. The Morgan fingerprint density at radius 2 is 2.00 bits per heavy atom. The smallest absolute Gasteiger partial charge is 0.391 e. The molecule has 2 unspecified atom stereocenters. The molecule has 0 amide bonds. The van der Waals surface area contributed by atoms with Crippen LogP contribution in [0, 0.1) is 0 Å². The van der Waals surface area contributed by atoms with Crippen molar-refractivity contribution < 1.29 is 23.0 Å². The van der Waals surface area contributed by atoms with Gasteiger partial charge in [0.25, 0.3) is 0 Å². The van der Waals surface area contributed by atoms with Gasteiger partial charge in [-0.2, -0.15) is 13.2 Å². The van der Waals surface area contributed by atoms with Gasteiger partial charge < -0.3 is 15.2 Å². The minimum absolute atomic E-state index is 0.0304. The molecule has 6 heteroatoms. The number of halogens is 3. The van der Waals surface area contributed by atoms with Crippen LogP contribution < -0.4 is 5.32 Å². The fourth-order valence-corrected chi connectivity index (χ4v) is 2.54. The van der Waals surface area contributed by atoms with Gasteiger partial charge in [0.05, 0.1) is 25.7 Å². The second kappa shape index (κ2) is 5.35. The normalized spacial score (nSPS) is 33.0. The molecular formula is C12H20F3NO2. The Hall–Kier alpha value is -0.330. The van der Waals surface area contributed by atoms with Gasteiger partial charge in [-0.3, -0.25) is 0 Å². The molecule has 0 saturated heterocycles. The number of alkyl halides is 3. The zero-order valence-electron chi connectivity index (χ0n) is 10.3. The summed E-state index contributed by atoms with van der Waals surface area (Å²) in [6, 6.07) is 0.478. The van der Waals surface area contributed by atoms with Crippen molar-refractivity contribution in [3.05, 3.63) is 0 Å². The van der Waals surface area contributed by atoms with Crippen LogP contribution in [0.1, 0.15) is 38.5 Å². The second-order valence-corrected chi connectivity index (χ2v) is 5.46. The average molecular weight is 267 g/mol. The van der Waals surface area contributed by atoms with Crippen molar-refractivity contribution in [1.82, 2.24) is 5.32 Å². The van der Waals surface area contributed by atoms with Crippen molar-refractivity contribution in [2.45, 2.75) is 62.4 Å². The third-order valence-corrected chi connectivity index (χ3v) is 3.69. The van der Waals surface area contributed by atoms with Crippen molar-refractivity contribution in [2.75, 3.05) is 13.2 Å². The van der Waals surface area contributed by atoms with Crippen LogP contribution in [0.3, 0.4) is 0 Å². The fourth-order valence-electron chi connectivity index (χ4n) is 2.54. The maximum absolute atomic E-state index is 12.0. The van der Waals surface area contributed by atoms with Crippen LogP contribution in [0.15, 0.2) is 0 Å². The molecule has 0 aromatic heterocycles. The van der Waals surface area contributed by atoms with E-state index in [2.05, 4.69) is 5.32 Å². The molecule has 2 fully saturated rings. The molecule has 0 radical (unpaired) electrons. The standard InChI is InChI=1S/C12H20F3NO2/c13-12(14,15)5-6-18-10-3-4-11(7-10,8-17)16-9-1-2-9/h9-10,16-17H,1-8H2. The third kappa shape index (κ3) is 4.10. The van der Waals surface area contributed by atoms with E-state index in [4.69, 9.17) is 4.74 Å². The number of aliphatic hydroxyl groups excluding tert-OH is 1. The molecule has 0 bridgehead atoms. The lowest BCUT2D eigenvalue weighted by Gasteiger charge is -2.28. The van der Waals surface area contributed by atoms with Crippen LogP contribution in [0.2, 0.25) is 0 Å². The summed E-state index contributed by atoms with van der Waals surface area (Å²) in [5.74, 6) is 0. The van der Waals surface area contributed by atoms with Crippen LogP contribution >= 0.6 is 0 Å². The van der Waals surface area contributed by atoms with E-state index in [1.54, 1.807) is 0 Å². The first kappa shape index (κ1) is 14.1. The molecule has 2 saturated carbocycles. The number of hydrogen-bond donors (Lipinski definition) is 2. The van der Waals surface area contributed by atoms with Crippen LogP contribution in [-0.2, 0) is 4.74 Å². The highest BCUT2D eigenvalue weighted by molar-refractivity contribution is 5.01. The van der Waals surface area contributed by atoms with Gasteiger partial charge in [-0.25, -0.2) is 0 Å². The average Bonchev–Trinajstić information content (AvgIpc) is 2.98. The fraction of sp³-hybridized carbons (Fsp3) is 1.00. The predicted octanol–water partition coefficient (Wildman–Crippen LogP) is 1.99. The van der Waals surface area contributed by atoms with Gasteiger partial charge in [0.2, 0.25) is 0 Å².